The van der Waals surface area contributed by atoms with Crippen molar-refractivity contribution in [1.29, 1.82) is 0 Å². The molecule has 0 spiro atoms. The highest BCUT2D eigenvalue weighted by Gasteiger charge is 2.26. The third-order valence-corrected chi connectivity index (χ3v) is 2.91. The number of carbonyl (C=O) groups is 1. The predicted molar refractivity (Wildman–Crippen MR) is 84.3 cm³/mol. The summed E-state index contributed by atoms with van der Waals surface area (Å²) in [4.78, 5) is 11.8. The van der Waals surface area contributed by atoms with Crippen molar-refractivity contribution in [3.05, 3.63) is 30.3 Å². The van der Waals surface area contributed by atoms with Crippen LogP contribution in [-0.4, -0.2) is 24.6 Å². The van der Waals surface area contributed by atoms with E-state index in [1.165, 1.54) is 0 Å². The minimum atomic E-state index is -0.769. The minimum Gasteiger partial charge on any atom is -0.494 e. The van der Waals surface area contributed by atoms with Gasteiger partial charge in [-0.05, 0) is 31.9 Å². The average Bonchev–Trinajstić information content (AvgIpc) is 2.39. The topological polar surface area (TPSA) is 64.4 Å². The monoisotopic (exact) mass is 300 g/mol. The largest absolute Gasteiger partial charge is 0.494 e. The molecule has 0 heterocycles. The van der Waals surface area contributed by atoms with Gasteiger partial charge in [0.25, 0.3) is 0 Å². The van der Waals surface area contributed by atoms with E-state index in [9.17, 15) is 4.79 Å². The van der Waals surface area contributed by atoms with Gasteiger partial charge in [0.2, 0.25) is 5.91 Å². The fourth-order valence-electron chi connectivity index (χ4n) is 1.82. The van der Waals surface area contributed by atoms with Gasteiger partial charge < -0.3 is 15.8 Å². The smallest absolute Gasteiger partial charge is 0.239 e. The van der Waals surface area contributed by atoms with Gasteiger partial charge in [-0.25, -0.2) is 0 Å². The van der Waals surface area contributed by atoms with Crippen molar-refractivity contribution in [2.24, 2.45) is 5.73 Å². The van der Waals surface area contributed by atoms with Gasteiger partial charge in [0.1, 0.15) is 5.75 Å². The van der Waals surface area contributed by atoms with E-state index < -0.39 is 5.54 Å². The van der Waals surface area contributed by atoms with E-state index in [2.05, 4.69) is 5.32 Å². The Kier molecular flexibility index (Phi) is 9.01. The van der Waals surface area contributed by atoms with E-state index in [0.717, 1.165) is 18.6 Å². The molecule has 0 aliphatic heterocycles. The number of hydrogen-bond donors (Lipinski definition) is 2. The molecule has 5 heteroatoms. The Balaban J connectivity index is 0.00000361. The van der Waals surface area contributed by atoms with Crippen LogP contribution in [0.5, 0.6) is 5.75 Å². The molecule has 0 aromatic heterocycles. The summed E-state index contributed by atoms with van der Waals surface area (Å²) in [7, 11) is 0. The van der Waals surface area contributed by atoms with E-state index >= 15 is 0 Å². The van der Waals surface area contributed by atoms with Gasteiger partial charge in [-0.1, -0.05) is 31.5 Å². The fraction of sp³-hybridized carbons (Fsp3) is 0.533. The van der Waals surface area contributed by atoms with Gasteiger partial charge in [0, 0.05) is 6.54 Å². The SMILES string of the molecule is CCCC(C)(N)C(=O)NCCCOc1ccccc1.Cl. The molecule has 1 aromatic rings. The lowest BCUT2D eigenvalue weighted by atomic mass is 9.96. The zero-order valence-electron chi connectivity index (χ0n) is 12.2. The number of hydrogen-bond acceptors (Lipinski definition) is 3. The first kappa shape index (κ1) is 18.7. The molecule has 3 N–H and O–H groups in total. The molecule has 4 nitrogen and oxygen atoms in total. The number of benzene rings is 1. The number of carbonyl (C=O) groups excluding carboxylic acids is 1. The van der Waals surface area contributed by atoms with Gasteiger partial charge in [-0.3, -0.25) is 4.79 Å². The number of nitrogens with two attached hydrogens (primary N) is 1. The summed E-state index contributed by atoms with van der Waals surface area (Å²) in [5, 5.41) is 2.85. The van der Waals surface area contributed by atoms with Crippen LogP contribution in [0, 0.1) is 0 Å². The van der Waals surface area contributed by atoms with Crippen LogP contribution in [0.25, 0.3) is 0 Å². The molecule has 1 rings (SSSR count). The van der Waals surface area contributed by atoms with Gasteiger partial charge in [0.05, 0.1) is 12.1 Å². The maximum absolute atomic E-state index is 11.8. The van der Waals surface area contributed by atoms with Crippen molar-refractivity contribution in [2.45, 2.75) is 38.6 Å². The van der Waals surface area contributed by atoms with Crippen molar-refractivity contribution in [3.63, 3.8) is 0 Å². The van der Waals surface area contributed by atoms with Crippen LogP contribution in [0.2, 0.25) is 0 Å². The van der Waals surface area contributed by atoms with Crippen molar-refractivity contribution in [2.75, 3.05) is 13.2 Å². The van der Waals surface area contributed by atoms with Crippen molar-refractivity contribution in [1.82, 2.24) is 5.32 Å². The molecule has 0 aliphatic carbocycles. The Morgan fingerprint density at radius 3 is 2.60 bits per heavy atom. The second kappa shape index (κ2) is 9.61. The summed E-state index contributed by atoms with van der Waals surface area (Å²) in [5.74, 6) is 0.762. The molecule has 0 radical (unpaired) electrons. The van der Waals surface area contributed by atoms with Crippen LogP contribution < -0.4 is 15.8 Å². The van der Waals surface area contributed by atoms with Gasteiger partial charge in [0.15, 0.2) is 0 Å². The Morgan fingerprint density at radius 1 is 1.35 bits per heavy atom. The molecule has 114 valence electrons. The maximum atomic E-state index is 11.8. The number of rotatable bonds is 8. The van der Waals surface area contributed by atoms with Gasteiger partial charge in [-0.2, -0.15) is 0 Å². The summed E-state index contributed by atoms with van der Waals surface area (Å²) in [6.07, 6.45) is 2.36. The average molecular weight is 301 g/mol. The number of halogens is 1. The lowest BCUT2D eigenvalue weighted by Crippen LogP contribution is -2.51. The lowest BCUT2D eigenvalue weighted by molar-refractivity contribution is -0.126. The number of para-hydroxylation sites is 1. The highest BCUT2D eigenvalue weighted by Crippen LogP contribution is 2.09. The van der Waals surface area contributed by atoms with Crippen molar-refractivity contribution >= 4 is 18.3 Å². The summed E-state index contributed by atoms with van der Waals surface area (Å²) in [6.45, 7) is 4.96. The van der Waals surface area contributed by atoms with E-state index in [-0.39, 0.29) is 18.3 Å². The maximum Gasteiger partial charge on any atom is 0.239 e. The second-order valence-corrected chi connectivity index (χ2v) is 4.94. The second-order valence-electron chi connectivity index (χ2n) is 4.94. The molecule has 0 saturated carbocycles. The Hall–Kier alpha value is -1.26. The molecule has 0 aliphatic rings. The first-order valence-corrected chi connectivity index (χ1v) is 6.81. The summed E-state index contributed by atoms with van der Waals surface area (Å²) in [6, 6.07) is 9.64. The van der Waals surface area contributed by atoms with Crippen LogP contribution in [0.3, 0.4) is 0 Å². The molecule has 1 aromatic carbocycles. The van der Waals surface area contributed by atoms with Crippen LogP contribution in [0.15, 0.2) is 30.3 Å². The highest BCUT2D eigenvalue weighted by atomic mass is 35.5. The zero-order valence-corrected chi connectivity index (χ0v) is 13.0. The standard InChI is InChI=1S/C15H24N2O2.ClH/c1-3-10-15(2,16)14(18)17-11-7-12-19-13-8-5-4-6-9-13;/h4-6,8-9H,3,7,10-12,16H2,1-2H3,(H,17,18);1H. The van der Waals surface area contributed by atoms with Gasteiger partial charge in [-0.15, -0.1) is 12.4 Å². The minimum absolute atomic E-state index is 0. The Morgan fingerprint density at radius 2 is 2.00 bits per heavy atom. The quantitative estimate of drug-likeness (QED) is 0.725. The van der Waals surface area contributed by atoms with Gasteiger partial charge >= 0.3 is 0 Å². The zero-order chi connectivity index (χ0) is 14.1. The number of ether oxygens (including phenoxy) is 1. The number of nitrogens with one attached hydrogen (secondary N) is 1. The van der Waals surface area contributed by atoms with Crippen molar-refractivity contribution < 1.29 is 9.53 Å². The molecule has 1 amide bonds. The molecule has 0 fully saturated rings. The summed E-state index contributed by atoms with van der Waals surface area (Å²) < 4.78 is 5.54. The Bertz CT molecular complexity index is 383. The van der Waals surface area contributed by atoms with Crippen LogP contribution in [-0.2, 0) is 4.79 Å². The number of amides is 1. The molecular weight excluding hydrogens is 276 g/mol. The predicted octanol–water partition coefficient (Wildman–Crippen LogP) is 2.51. The van der Waals surface area contributed by atoms with Crippen molar-refractivity contribution in [3.8, 4) is 5.75 Å². The fourth-order valence-corrected chi connectivity index (χ4v) is 1.82. The molecular formula is C15H25ClN2O2. The highest BCUT2D eigenvalue weighted by molar-refractivity contribution is 5.85. The van der Waals surface area contributed by atoms with E-state index in [1.54, 1.807) is 6.92 Å². The van der Waals surface area contributed by atoms with E-state index in [0.29, 0.717) is 19.6 Å². The van der Waals surface area contributed by atoms with E-state index in [4.69, 9.17) is 10.5 Å². The van der Waals surface area contributed by atoms with E-state index in [1.807, 2.05) is 37.3 Å². The normalized spacial score (nSPS) is 12.9. The van der Waals surface area contributed by atoms with Crippen LogP contribution in [0.4, 0.5) is 0 Å². The van der Waals surface area contributed by atoms with Crippen LogP contribution in [0.1, 0.15) is 33.1 Å². The summed E-state index contributed by atoms with van der Waals surface area (Å²) in [5.41, 5.74) is 5.16. The lowest BCUT2D eigenvalue weighted by Gasteiger charge is -2.22. The molecule has 1 atom stereocenters. The third-order valence-electron chi connectivity index (χ3n) is 2.91. The molecule has 0 bridgehead atoms. The molecule has 20 heavy (non-hydrogen) atoms. The molecule has 0 saturated heterocycles. The summed E-state index contributed by atoms with van der Waals surface area (Å²) >= 11 is 0. The first-order chi connectivity index (χ1) is 9.06. The third kappa shape index (κ3) is 6.78. The first-order valence-electron chi connectivity index (χ1n) is 6.81. The molecule has 1 unspecified atom stereocenters. The Labute approximate surface area is 127 Å². The van der Waals surface area contributed by atoms with Crippen LogP contribution >= 0.6 is 12.4 Å².